The van der Waals surface area contributed by atoms with Crippen molar-refractivity contribution in [2.45, 2.75) is 6.92 Å². The molecule has 1 amide bonds. The number of anilines is 3. The lowest BCUT2D eigenvalue weighted by Crippen LogP contribution is -2.23. The van der Waals surface area contributed by atoms with Crippen LogP contribution >= 0.6 is 0 Å². The number of amides is 1. The van der Waals surface area contributed by atoms with E-state index in [2.05, 4.69) is 10.6 Å². The van der Waals surface area contributed by atoms with E-state index in [1.54, 1.807) is 28.5 Å². The smallest absolute Gasteiger partial charge is 0.295 e. The van der Waals surface area contributed by atoms with Crippen molar-refractivity contribution in [2.24, 2.45) is 7.05 Å². The minimum Gasteiger partial charge on any atom is -0.355 e. The normalized spacial score (nSPS) is 10.6. The molecule has 150 valence electrons. The number of hydrogen-bond donors (Lipinski definition) is 2. The number of carbonyl (C=O) groups excluding carboxylic acids is 1. The molecule has 6 heteroatoms. The van der Waals surface area contributed by atoms with Crippen LogP contribution in [-0.2, 0) is 7.05 Å². The molecule has 0 radical (unpaired) electrons. The lowest BCUT2D eigenvalue weighted by Gasteiger charge is -2.12. The number of nitrogens with zero attached hydrogens (tertiary/aromatic N) is 2. The van der Waals surface area contributed by atoms with Crippen LogP contribution in [0.15, 0.2) is 89.7 Å². The summed E-state index contributed by atoms with van der Waals surface area (Å²) in [7, 11) is 1.80. The van der Waals surface area contributed by atoms with Gasteiger partial charge in [0.2, 0.25) is 0 Å². The van der Waals surface area contributed by atoms with Gasteiger partial charge < -0.3 is 10.6 Å². The first-order valence-corrected chi connectivity index (χ1v) is 9.62. The van der Waals surface area contributed by atoms with Gasteiger partial charge >= 0.3 is 0 Å². The Morgan fingerprint density at radius 2 is 1.43 bits per heavy atom. The standard InChI is InChI=1S/C24H22N4O2/c1-17-22(24(30)28(27(17)2)19-13-7-4-8-14-19)26-23(29)20-15-9-10-16-21(20)25-18-11-5-3-6-12-18/h3-16,25H,1-2H3,(H,26,29). The van der Waals surface area contributed by atoms with E-state index in [-0.39, 0.29) is 17.2 Å². The molecule has 0 saturated heterocycles. The summed E-state index contributed by atoms with van der Waals surface area (Å²) in [6, 6.07) is 26.2. The second-order valence-corrected chi connectivity index (χ2v) is 6.93. The predicted molar refractivity (Wildman–Crippen MR) is 120 cm³/mol. The van der Waals surface area contributed by atoms with E-state index < -0.39 is 0 Å². The zero-order valence-electron chi connectivity index (χ0n) is 16.8. The van der Waals surface area contributed by atoms with Gasteiger partial charge in [0.1, 0.15) is 5.69 Å². The number of rotatable bonds is 5. The lowest BCUT2D eigenvalue weighted by atomic mass is 10.1. The topological polar surface area (TPSA) is 68.1 Å². The third-order valence-electron chi connectivity index (χ3n) is 5.02. The third-order valence-corrected chi connectivity index (χ3v) is 5.02. The SMILES string of the molecule is Cc1c(NC(=O)c2ccccc2Nc2ccccc2)c(=O)n(-c2ccccc2)n1C. The van der Waals surface area contributed by atoms with E-state index in [9.17, 15) is 9.59 Å². The molecule has 0 aliphatic heterocycles. The van der Waals surface area contributed by atoms with Crippen molar-refractivity contribution in [3.05, 3.63) is 107 Å². The van der Waals surface area contributed by atoms with Gasteiger partial charge in [-0.2, -0.15) is 0 Å². The number of hydrogen-bond acceptors (Lipinski definition) is 3. The van der Waals surface area contributed by atoms with Gasteiger partial charge in [0.25, 0.3) is 11.5 Å². The molecule has 0 fully saturated rings. The zero-order valence-corrected chi connectivity index (χ0v) is 16.8. The summed E-state index contributed by atoms with van der Waals surface area (Å²) in [5, 5.41) is 6.08. The Morgan fingerprint density at radius 1 is 0.833 bits per heavy atom. The van der Waals surface area contributed by atoms with E-state index in [0.29, 0.717) is 16.9 Å². The Balaban J connectivity index is 1.67. The van der Waals surface area contributed by atoms with Crippen LogP contribution in [-0.4, -0.2) is 15.3 Å². The first-order chi connectivity index (χ1) is 14.6. The molecule has 0 aliphatic rings. The Kier molecular flexibility index (Phi) is 5.22. The van der Waals surface area contributed by atoms with Gasteiger partial charge in [-0.1, -0.05) is 48.5 Å². The van der Waals surface area contributed by atoms with Crippen LogP contribution in [0.5, 0.6) is 0 Å². The highest BCUT2D eigenvalue weighted by molar-refractivity contribution is 6.08. The minimum atomic E-state index is -0.347. The van der Waals surface area contributed by atoms with Crippen LogP contribution in [0, 0.1) is 6.92 Å². The third kappa shape index (κ3) is 3.63. The molecule has 4 aromatic rings. The van der Waals surface area contributed by atoms with E-state index in [1.165, 1.54) is 0 Å². The summed E-state index contributed by atoms with van der Waals surface area (Å²) in [5.74, 6) is -0.347. The molecule has 6 nitrogen and oxygen atoms in total. The summed E-state index contributed by atoms with van der Waals surface area (Å²) in [4.78, 5) is 26.1. The van der Waals surface area contributed by atoms with Gasteiger partial charge in [0, 0.05) is 12.7 Å². The Morgan fingerprint density at radius 3 is 2.13 bits per heavy atom. The lowest BCUT2D eigenvalue weighted by molar-refractivity contribution is 0.102. The van der Waals surface area contributed by atoms with Gasteiger partial charge in [-0.3, -0.25) is 14.3 Å². The predicted octanol–water partition coefficient (Wildman–Crippen LogP) is 4.48. The maximum atomic E-state index is 13.1. The van der Waals surface area contributed by atoms with Gasteiger partial charge in [-0.05, 0) is 43.3 Å². The highest BCUT2D eigenvalue weighted by atomic mass is 16.2. The van der Waals surface area contributed by atoms with Crippen LogP contribution in [0.4, 0.5) is 17.1 Å². The van der Waals surface area contributed by atoms with E-state index in [0.717, 1.165) is 11.4 Å². The molecule has 4 rings (SSSR count). The van der Waals surface area contributed by atoms with Crippen LogP contribution in [0.1, 0.15) is 16.1 Å². The van der Waals surface area contributed by atoms with Crippen LogP contribution in [0.25, 0.3) is 5.69 Å². The molecule has 0 saturated carbocycles. The quantitative estimate of drug-likeness (QED) is 0.521. The fraction of sp³-hybridized carbons (Fsp3) is 0.0833. The van der Waals surface area contributed by atoms with Crippen molar-refractivity contribution in [2.75, 3.05) is 10.6 Å². The van der Waals surface area contributed by atoms with Crippen LogP contribution < -0.4 is 16.2 Å². The molecule has 0 aliphatic carbocycles. The summed E-state index contributed by atoms with van der Waals surface area (Å²) in [6.45, 7) is 1.81. The maximum absolute atomic E-state index is 13.1. The highest BCUT2D eigenvalue weighted by Crippen LogP contribution is 2.22. The number of nitrogens with one attached hydrogen (secondary N) is 2. The van der Waals surface area contributed by atoms with Gasteiger partial charge in [0.05, 0.1) is 22.6 Å². The van der Waals surface area contributed by atoms with Crippen molar-refractivity contribution in [3.8, 4) is 5.69 Å². The van der Waals surface area contributed by atoms with E-state index >= 15 is 0 Å². The van der Waals surface area contributed by atoms with Crippen LogP contribution in [0.2, 0.25) is 0 Å². The molecule has 0 spiro atoms. The maximum Gasteiger partial charge on any atom is 0.295 e. The van der Waals surface area contributed by atoms with Crippen molar-refractivity contribution < 1.29 is 4.79 Å². The van der Waals surface area contributed by atoms with E-state index in [1.807, 2.05) is 79.7 Å². The molecule has 2 N–H and O–H groups in total. The molecule has 30 heavy (non-hydrogen) atoms. The number of aromatic nitrogens is 2. The fourth-order valence-corrected chi connectivity index (χ4v) is 3.36. The Hall–Kier alpha value is -4.06. The van der Waals surface area contributed by atoms with Crippen molar-refractivity contribution in [3.63, 3.8) is 0 Å². The fourth-order valence-electron chi connectivity index (χ4n) is 3.36. The summed E-state index contributed by atoms with van der Waals surface area (Å²) < 4.78 is 3.28. The second-order valence-electron chi connectivity index (χ2n) is 6.93. The summed E-state index contributed by atoms with van der Waals surface area (Å²) in [6.07, 6.45) is 0. The van der Waals surface area contributed by atoms with Gasteiger partial charge in [-0.15, -0.1) is 0 Å². The second kappa shape index (κ2) is 8.13. The van der Waals surface area contributed by atoms with Crippen molar-refractivity contribution >= 4 is 23.0 Å². The average Bonchev–Trinajstić information content (AvgIpc) is 2.98. The summed E-state index contributed by atoms with van der Waals surface area (Å²) >= 11 is 0. The Labute approximate surface area is 174 Å². The Bertz CT molecular complexity index is 1240. The molecular weight excluding hydrogens is 376 g/mol. The first kappa shape index (κ1) is 19.3. The molecule has 1 aromatic heterocycles. The highest BCUT2D eigenvalue weighted by Gasteiger charge is 2.20. The number of para-hydroxylation sites is 3. The average molecular weight is 398 g/mol. The molecule has 0 unspecified atom stereocenters. The molecular formula is C24H22N4O2. The molecule has 1 heterocycles. The minimum absolute atomic E-state index is 0.265. The monoisotopic (exact) mass is 398 g/mol. The zero-order chi connectivity index (χ0) is 21.1. The molecule has 0 bridgehead atoms. The number of benzene rings is 3. The van der Waals surface area contributed by atoms with Crippen LogP contribution in [0.3, 0.4) is 0 Å². The molecule has 0 atom stereocenters. The van der Waals surface area contributed by atoms with Crippen molar-refractivity contribution in [1.82, 2.24) is 9.36 Å². The van der Waals surface area contributed by atoms with E-state index in [4.69, 9.17) is 0 Å². The summed E-state index contributed by atoms with van der Waals surface area (Å²) in [5.41, 5.74) is 3.39. The largest absolute Gasteiger partial charge is 0.355 e. The number of carbonyl (C=O) groups is 1. The first-order valence-electron chi connectivity index (χ1n) is 9.62. The molecule has 3 aromatic carbocycles. The van der Waals surface area contributed by atoms with Crippen molar-refractivity contribution in [1.29, 1.82) is 0 Å². The van der Waals surface area contributed by atoms with Gasteiger partial charge in [-0.25, -0.2) is 4.68 Å². The van der Waals surface area contributed by atoms with Gasteiger partial charge in [0.15, 0.2) is 0 Å².